The summed E-state index contributed by atoms with van der Waals surface area (Å²) < 4.78 is 6.87. The molecule has 0 unspecified atom stereocenters. The molecular weight excluding hydrogens is 488 g/mol. The first-order chi connectivity index (χ1) is 14.7. The fourth-order valence-corrected chi connectivity index (χ4v) is 8.43. The van der Waals surface area contributed by atoms with Gasteiger partial charge in [0, 0.05) is 34.4 Å². The van der Waals surface area contributed by atoms with Crippen molar-refractivity contribution in [3.63, 3.8) is 0 Å². The van der Waals surface area contributed by atoms with Crippen molar-refractivity contribution in [2.24, 2.45) is 0 Å². The molecule has 4 heteroatoms. The molecule has 3 heterocycles. The average molecular weight is 516 g/mol. The van der Waals surface area contributed by atoms with Gasteiger partial charge in [-0.05, 0) is 75.9 Å². The molecule has 0 atom stereocenters. The lowest BCUT2D eigenvalue weighted by Crippen LogP contribution is -1.83. The minimum atomic E-state index is 1.21. The molecule has 0 spiro atoms. The molecule has 0 nitrogen and oxygen atoms in total. The normalized spacial score (nSPS) is 12.2. The largest absolute Gasteiger partial charge is 0.140 e. The molecule has 0 amide bonds. The van der Waals surface area contributed by atoms with Gasteiger partial charge in [0.05, 0.1) is 3.79 Å². The Morgan fingerprint density at radius 1 is 0.600 bits per heavy atom. The zero-order chi connectivity index (χ0) is 20.5. The Hall–Kier alpha value is -0.940. The maximum atomic E-state index is 3.64. The van der Waals surface area contributed by atoms with Crippen molar-refractivity contribution in [3.8, 4) is 0 Å². The van der Waals surface area contributed by atoms with Gasteiger partial charge in [0.15, 0.2) is 0 Å². The summed E-state index contributed by atoms with van der Waals surface area (Å²) in [4.78, 5) is 1.56. The van der Waals surface area contributed by atoms with Crippen molar-refractivity contribution < 1.29 is 0 Å². The van der Waals surface area contributed by atoms with Crippen molar-refractivity contribution >= 4 is 90.3 Å². The summed E-state index contributed by atoms with van der Waals surface area (Å²) in [5.74, 6) is 0. The van der Waals surface area contributed by atoms with Gasteiger partial charge in [-0.3, -0.25) is 0 Å². The van der Waals surface area contributed by atoms with Crippen molar-refractivity contribution in [1.29, 1.82) is 0 Å². The molecule has 0 saturated carbocycles. The van der Waals surface area contributed by atoms with Crippen LogP contribution in [0.5, 0.6) is 0 Å². The molecule has 3 aromatic heterocycles. The third kappa shape index (κ3) is 4.34. The zero-order valence-corrected chi connectivity index (χ0v) is 21.5. The van der Waals surface area contributed by atoms with Crippen LogP contribution in [0.25, 0.3) is 40.3 Å². The Morgan fingerprint density at radius 2 is 1.20 bits per heavy atom. The second-order valence-electron chi connectivity index (χ2n) is 8.36. The Balaban J connectivity index is 1.32. The first kappa shape index (κ1) is 20.9. The van der Waals surface area contributed by atoms with Crippen LogP contribution in [0.1, 0.15) is 63.2 Å². The van der Waals surface area contributed by atoms with Gasteiger partial charge in [-0.2, -0.15) is 0 Å². The van der Waals surface area contributed by atoms with Gasteiger partial charge in [-0.25, -0.2) is 0 Å². The molecule has 156 valence electrons. The highest BCUT2D eigenvalue weighted by atomic mass is 79.9. The van der Waals surface area contributed by atoms with Crippen molar-refractivity contribution in [3.05, 3.63) is 45.1 Å². The van der Waals surface area contributed by atoms with E-state index in [4.69, 9.17) is 0 Å². The first-order valence-electron chi connectivity index (χ1n) is 11.2. The number of thiophene rings is 3. The molecule has 0 bridgehead atoms. The molecule has 0 fully saturated rings. The van der Waals surface area contributed by atoms with Crippen LogP contribution < -0.4 is 0 Å². The number of hydrogen-bond acceptors (Lipinski definition) is 3. The van der Waals surface area contributed by atoms with E-state index in [2.05, 4.69) is 59.3 Å². The van der Waals surface area contributed by atoms with Gasteiger partial charge in [-0.1, -0.05) is 51.9 Å². The molecular formula is C26H27BrS3. The SMILES string of the molecule is CCCCCCCCCCc1cc2cc3c(cc2s1)sc1cc2sc(Br)cc2cc13. The highest BCUT2D eigenvalue weighted by Crippen LogP contribution is 2.42. The van der Waals surface area contributed by atoms with E-state index in [-0.39, 0.29) is 0 Å². The molecule has 30 heavy (non-hydrogen) atoms. The van der Waals surface area contributed by atoms with Gasteiger partial charge in [-0.15, -0.1) is 34.0 Å². The fourth-order valence-electron chi connectivity index (χ4n) is 4.42. The Kier molecular flexibility index (Phi) is 6.47. The summed E-state index contributed by atoms with van der Waals surface area (Å²) in [7, 11) is 0. The molecule has 0 aliphatic heterocycles. The van der Waals surface area contributed by atoms with Crippen molar-refractivity contribution in [1.82, 2.24) is 0 Å². The van der Waals surface area contributed by atoms with E-state index in [1.165, 1.54) is 102 Å². The van der Waals surface area contributed by atoms with E-state index in [1.807, 2.05) is 34.0 Å². The van der Waals surface area contributed by atoms with Gasteiger partial charge in [0.25, 0.3) is 0 Å². The van der Waals surface area contributed by atoms with Crippen LogP contribution in [0.4, 0.5) is 0 Å². The van der Waals surface area contributed by atoms with Crippen LogP contribution in [0.15, 0.2) is 40.2 Å². The second-order valence-corrected chi connectivity index (χ2v) is 13.1. The number of halogens is 1. The predicted octanol–water partition coefficient (Wildman–Crippen LogP) is 10.9. The van der Waals surface area contributed by atoms with Crippen molar-refractivity contribution in [2.45, 2.75) is 64.7 Å². The molecule has 0 saturated heterocycles. The number of benzene rings is 2. The van der Waals surface area contributed by atoms with E-state index in [0.29, 0.717) is 0 Å². The summed E-state index contributed by atoms with van der Waals surface area (Å²) in [5, 5.41) is 5.60. The van der Waals surface area contributed by atoms with E-state index in [1.54, 1.807) is 4.88 Å². The number of unbranched alkanes of at least 4 members (excludes halogenated alkanes) is 7. The Bertz CT molecular complexity index is 1300. The Morgan fingerprint density at radius 3 is 1.90 bits per heavy atom. The second kappa shape index (κ2) is 9.28. The molecule has 5 rings (SSSR count). The topological polar surface area (TPSA) is 0 Å². The fraction of sp³-hybridized carbons (Fsp3) is 0.385. The van der Waals surface area contributed by atoms with E-state index in [9.17, 15) is 0 Å². The Labute approximate surface area is 199 Å². The van der Waals surface area contributed by atoms with E-state index >= 15 is 0 Å². The molecule has 0 radical (unpaired) electrons. The lowest BCUT2D eigenvalue weighted by Gasteiger charge is -2.00. The smallest absolute Gasteiger partial charge is 0.0711 e. The van der Waals surface area contributed by atoms with Gasteiger partial charge < -0.3 is 0 Å². The van der Waals surface area contributed by atoms with Crippen LogP contribution in [0, 0.1) is 0 Å². The van der Waals surface area contributed by atoms with Crippen LogP contribution in [0.3, 0.4) is 0 Å². The summed E-state index contributed by atoms with van der Waals surface area (Å²) in [6.45, 7) is 2.29. The van der Waals surface area contributed by atoms with E-state index in [0.717, 1.165) is 0 Å². The lowest BCUT2D eigenvalue weighted by atomic mass is 10.1. The molecule has 5 aromatic rings. The average Bonchev–Trinajstić information content (AvgIpc) is 3.39. The summed E-state index contributed by atoms with van der Waals surface area (Å²) in [6.07, 6.45) is 12.4. The monoisotopic (exact) mass is 514 g/mol. The van der Waals surface area contributed by atoms with Gasteiger partial charge >= 0.3 is 0 Å². The molecule has 2 aromatic carbocycles. The van der Waals surface area contributed by atoms with Crippen LogP contribution in [0.2, 0.25) is 0 Å². The molecule has 0 aliphatic carbocycles. The highest BCUT2D eigenvalue weighted by Gasteiger charge is 2.11. The summed E-state index contributed by atoms with van der Waals surface area (Å²) in [5.41, 5.74) is 0. The van der Waals surface area contributed by atoms with Crippen LogP contribution in [-0.4, -0.2) is 0 Å². The minimum absolute atomic E-state index is 1.21. The van der Waals surface area contributed by atoms with Crippen LogP contribution in [-0.2, 0) is 6.42 Å². The number of rotatable bonds is 9. The van der Waals surface area contributed by atoms with Crippen molar-refractivity contribution in [2.75, 3.05) is 0 Å². The van der Waals surface area contributed by atoms with Crippen LogP contribution >= 0.6 is 49.9 Å². The minimum Gasteiger partial charge on any atom is -0.140 e. The van der Waals surface area contributed by atoms with Gasteiger partial charge in [0.2, 0.25) is 0 Å². The number of aryl methyl sites for hydroxylation is 1. The number of hydrogen-bond donors (Lipinski definition) is 0. The highest BCUT2D eigenvalue weighted by molar-refractivity contribution is 9.11. The molecule has 0 N–H and O–H groups in total. The quantitative estimate of drug-likeness (QED) is 0.171. The third-order valence-corrected chi connectivity index (χ3v) is 9.92. The zero-order valence-electron chi connectivity index (χ0n) is 17.4. The maximum Gasteiger partial charge on any atom is 0.0711 e. The van der Waals surface area contributed by atoms with Gasteiger partial charge in [0.1, 0.15) is 0 Å². The standard InChI is InChI=1S/C26H27BrS3/c1-2-3-4-5-6-7-8-9-10-19-11-17-12-20-21-13-18-14-26(27)30-23(18)16-25(21)29-24(20)15-22(17)28-19/h11-16H,2-10H2,1H3. The summed E-state index contributed by atoms with van der Waals surface area (Å²) >= 11 is 9.41. The maximum absolute atomic E-state index is 3.64. The first-order valence-corrected chi connectivity index (χ1v) is 14.4. The van der Waals surface area contributed by atoms with E-state index < -0.39 is 0 Å². The lowest BCUT2D eigenvalue weighted by molar-refractivity contribution is 0.576. The third-order valence-electron chi connectivity index (χ3n) is 6.04. The predicted molar refractivity (Wildman–Crippen MR) is 144 cm³/mol. The summed E-state index contributed by atoms with van der Waals surface area (Å²) in [6, 6.07) is 14.3. The molecule has 0 aliphatic rings. The number of fused-ring (bicyclic) bond motifs is 5.